The van der Waals surface area contributed by atoms with Gasteiger partial charge in [0.25, 0.3) is 0 Å². The van der Waals surface area contributed by atoms with Crippen molar-refractivity contribution < 1.29 is 16.8 Å². The topological polar surface area (TPSA) is 83.6 Å². The van der Waals surface area contributed by atoms with E-state index in [-0.39, 0.29) is 12.6 Å². The van der Waals surface area contributed by atoms with Crippen LogP contribution in [0.3, 0.4) is 0 Å². The average molecular weight is 417 g/mol. The van der Waals surface area contributed by atoms with Crippen LogP contribution in [0.5, 0.6) is 0 Å². The predicted molar refractivity (Wildman–Crippen MR) is 86.5 cm³/mol. The Bertz CT molecular complexity index is 727. The Balaban J connectivity index is 2.22. The molecule has 1 aliphatic heterocycles. The standard InChI is InChI=1S/C11H17BrN2O4S3/c1-8-10(6-11(12)19-8)21(17,18)14-5-3-4-9(7-14)13-20(2,15)16/h6,9,13H,3-5,7H2,1-2H3. The fraction of sp³-hybridized carbons (Fsp3) is 0.636. The van der Waals surface area contributed by atoms with Crippen molar-refractivity contribution in [3.05, 3.63) is 14.7 Å². The van der Waals surface area contributed by atoms with Crippen molar-refractivity contribution >= 4 is 47.3 Å². The zero-order valence-electron chi connectivity index (χ0n) is 11.7. The lowest BCUT2D eigenvalue weighted by Crippen LogP contribution is -2.49. The summed E-state index contributed by atoms with van der Waals surface area (Å²) in [5.41, 5.74) is 0. The minimum atomic E-state index is -3.58. The average Bonchev–Trinajstić information content (AvgIpc) is 2.67. The number of thiophene rings is 1. The largest absolute Gasteiger partial charge is 0.244 e. The Morgan fingerprint density at radius 3 is 2.57 bits per heavy atom. The van der Waals surface area contributed by atoms with Crippen LogP contribution in [0, 0.1) is 6.92 Å². The molecule has 10 heteroatoms. The van der Waals surface area contributed by atoms with Crippen molar-refractivity contribution in [2.75, 3.05) is 19.3 Å². The number of halogens is 1. The SMILES string of the molecule is Cc1sc(Br)cc1S(=O)(=O)N1CCCC(NS(C)(=O)=O)C1. The zero-order chi connectivity index (χ0) is 15.8. The minimum absolute atomic E-state index is 0.169. The fourth-order valence-electron chi connectivity index (χ4n) is 2.39. The molecule has 1 unspecified atom stereocenters. The molecule has 0 aliphatic carbocycles. The van der Waals surface area contributed by atoms with Crippen LogP contribution in [0.25, 0.3) is 0 Å². The Hall–Kier alpha value is -0.000000000000000167. The van der Waals surface area contributed by atoms with E-state index in [1.54, 1.807) is 13.0 Å². The summed E-state index contributed by atoms with van der Waals surface area (Å²) in [6, 6.07) is 1.23. The molecule has 0 spiro atoms. The van der Waals surface area contributed by atoms with Crippen LogP contribution in [0.15, 0.2) is 14.7 Å². The molecule has 0 aromatic carbocycles. The third-order valence-corrected chi connectivity index (χ3v) is 7.66. The Kier molecular flexibility index (Phi) is 5.16. The maximum Gasteiger partial charge on any atom is 0.244 e. The van der Waals surface area contributed by atoms with E-state index in [1.165, 1.54) is 15.6 Å². The third kappa shape index (κ3) is 4.26. The smallest absolute Gasteiger partial charge is 0.213 e. The van der Waals surface area contributed by atoms with Gasteiger partial charge in [-0.15, -0.1) is 11.3 Å². The van der Waals surface area contributed by atoms with Gasteiger partial charge in [0, 0.05) is 24.0 Å². The number of piperidine rings is 1. The quantitative estimate of drug-likeness (QED) is 0.805. The highest BCUT2D eigenvalue weighted by Gasteiger charge is 2.32. The lowest BCUT2D eigenvalue weighted by Gasteiger charge is -2.31. The molecule has 1 fully saturated rings. The predicted octanol–water partition coefficient (Wildman–Crippen LogP) is 1.52. The van der Waals surface area contributed by atoms with E-state index in [0.717, 1.165) is 14.9 Å². The summed E-state index contributed by atoms with van der Waals surface area (Å²) in [5.74, 6) is 0. The molecule has 1 aliphatic rings. The van der Waals surface area contributed by atoms with Crippen molar-refractivity contribution in [1.82, 2.24) is 9.03 Å². The van der Waals surface area contributed by atoms with Gasteiger partial charge in [-0.25, -0.2) is 21.6 Å². The highest BCUT2D eigenvalue weighted by molar-refractivity contribution is 9.11. The molecule has 0 radical (unpaired) electrons. The number of sulfonamides is 2. The summed E-state index contributed by atoms with van der Waals surface area (Å²) in [6.07, 6.45) is 2.36. The molecule has 0 amide bonds. The lowest BCUT2D eigenvalue weighted by atomic mass is 10.1. The Morgan fingerprint density at radius 2 is 2.05 bits per heavy atom. The number of aryl methyl sites for hydroxylation is 1. The van der Waals surface area contributed by atoms with E-state index in [9.17, 15) is 16.8 Å². The number of nitrogens with one attached hydrogen (secondary N) is 1. The van der Waals surface area contributed by atoms with Crippen LogP contribution >= 0.6 is 27.3 Å². The lowest BCUT2D eigenvalue weighted by molar-refractivity contribution is 0.303. The first-order valence-electron chi connectivity index (χ1n) is 6.33. The van der Waals surface area contributed by atoms with Gasteiger partial charge in [0.15, 0.2) is 0 Å². The molecule has 1 aromatic rings. The maximum atomic E-state index is 12.7. The molecule has 2 rings (SSSR count). The van der Waals surface area contributed by atoms with Gasteiger partial charge in [0.2, 0.25) is 20.0 Å². The van der Waals surface area contributed by atoms with Crippen LogP contribution in [0.1, 0.15) is 17.7 Å². The van der Waals surface area contributed by atoms with Crippen LogP contribution in [0.4, 0.5) is 0 Å². The zero-order valence-corrected chi connectivity index (χ0v) is 15.7. The number of hydrogen-bond acceptors (Lipinski definition) is 5. The minimum Gasteiger partial charge on any atom is -0.213 e. The Morgan fingerprint density at radius 1 is 1.38 bits per heavy atom. The van der Waals surface area contributed by atoms with E-state index in [0.29, 0.717) is 24.3 Å². The molecule has 6 nitrogen and oxygen atoms in total. The first-order valence-corrected chi connectivity index (χ1v) is 11.3. The van der Waals surface area contributed by atoms with E-state index < -0.39 is 20.0 Å². The number of nitrogens with zero attached hydrogens (tertiary/aromatic N) is 1. The van der Waals surface area contributed by atoms with Crippen molar-refractivity contribution in [3.8, 4) is 0 Å². The highest BCUT2D eigenvalue weighted by Crippen LogP contribution is 2.32. The van der Waals surface area contributed by atoms with Gasteiger partial charge >= 0.3 is 0 Å². The summed E-state index contributed by atoms with van der Waals surface area (Å²) in [7, 11) is -6.92. The van der Waals surface area contributed by atoms with Gasteiger partial charge in [-0.2, -0.15) is 4.31 Å². The number of hydrogen-bond donors (Lipinski definition) is 1. The first kappa shape index (κ1) is 17.4. The third-order valence-electron chi connectivity index (χ3n) is 3.22. The summed E-state index contributed by atoms with van der Waals surface area (Å²) in [4.78, 5) is 1.01. The van der Waals surface area contributed by atoms with Gasteiger partial charge < -0.3 is 0 Å². The van der Waals surface area contributed by atoms with Gasteiger partial charge in [0.05, 0.1) is 14.9 Å². The first-order chi connectivity index (χ1) is 9.59. The van der Waals surface area contributed by atoms with Gasteiger partial charge in [0.1, 0.15) is 0 Å². The fourth-order valence-corrected chi connectivity index (χ4v) is 7.09. The molecule has 0 saturated carbocycles. The van der Waals surface area contributed by atoms with Crippen molar-refractivity contribution in [2.45, 2.75) is 30.7 Å². The van der Waals surface area contributed by atoms with Crippen molar-refractivity contribution in [3.63, 3.8) is 0 Å². The van der Waals surface area contributed by atoms with E-state index in [1.807, 2.05) is 0 Å². The van der Waals surface area contributed by atoms with E-state index in [4.69, 9.17) is 0 Å². The molecule has 1 saturated heterocycles. The van der Waals surface area contributed by atoms with E-state index in [2.05, 4.69) is 20.7 Å². The number of rotatable bonds is 4. The van der Waals surface area contributed by atoms with Crippen LogP contribution in [-0.2, 0) is 20.0 Å². The normalized spacial score (nSPS) is 21.6. The molecule has 0 bridgehead atoms. The van der Waals surface area contributed by atoms with Crippen molar-refractivity contribution in [1.29, 1.82) is 0 Å². The maximum absolute atomic E-state index is 12.7. The van der Waals surface area contributed by atoms with Crippen LogP contribution in [-0.4, -0.2) is 46.5 Å². The van der Waals surface area contributed by atoms with Gasteiger partial charge in [-0.05, 0) is 41.8 Å². The highest BCUT2D eigenvalue weighted by atomic mass is 79.9. The van der Waals surface area contributed by atoms with Gasteiger partial charge in [-0.1, -0.05) is 0 Å². The molecule has 2 heterocycles. The molecular weight excluding hydrogens is 400 g/mol. The molecule has 21 heavy (non-hydrogen) atoms. The second-order valence-electron chi connectivity index (χ2n) is 5.06. The summed E-state index contributed by atoms with van der Waals surface area (Å²) in [6.45, 7) is 2.35. The summed E-state index contributed by atoms with van der Waals surface area (Å²) >= 11 is 4.67. The molecule has 120 valence electrons. The molecule has 1 aromatic heterocycles. The second kappa shape index (κ2) is 6.25. The van der Waals surface area contributed by atoms with Crippen LogP contribution in [0.2, 0.25) is 0 Å². The van der Waals surface area contributed by atoms with E-state index >= 15 is 0 Å². The molecule has 1 atom stereocenters. The van der Waals surface area contributed by atoms with Gasteiger partial charge in [-0.3, -0.25) is 0 Å². The molecular formula is C11H17BrN2O4S3. The van der Waals surface area contributed by atoms with Crippen molar-refractivity contribution in [2.24, 2.45) is 0 Å². The monoisotopic (exact) mass is 416 g/mol. The second-order valence-corrected chi connectivity index (χ2v) is 11.4. The summed E-state index contributed by atoms with van der Waals surface area (Å²) in [5, 5.41) is 0. The molecule has 1 N–H and O–H groups in total. The summed E-state index contributed by atoms with van der Waals surface area (Å²) < 4.78 is 52.6. The van der Waals surface area contributed by atoms with Crippen LogP contribution < -0.4 is 4.72 Å². The Labute approximate surface area is 137 Å².